The molecule has 0 aromatic heterocycles. The number of hydrogen-bond acceptors (Lipinski definition) is 4. The maximum Gasteiger partial charge on any atom is 0.277 e. The van der Waals surface area contributed by atoms with Gasteiger partial charge < -0.3 is 9.47 Å². The zero-order valence-corrected chi connectivity index (χ0v) is 14.3. The van der Waals surface area contributed by atoms with Gasteiger partial charge in [0.05, 0.1) is 6.21 Å². The van der Waals surface area contributed by atoms with Crippen LogP contribution < -0.4 is 14.9 Å². The molecule has 0 aliphatic carbocycles. The third-order valence-corrected chi connectivity index (χ3v) is 3.19. The molecule has 5 nitrogen and oxygen atoms in total. The second-order valence-electron chi connectivity index (χ2n) is 5.44. The highest BCUT2D eigenvalue weighted by Crippen LogP contribution is 2.16. The SMILES string of the molecule is C#CCOc1ccccc1/C=N\NC(=O)COc1cc(C)cc(C)c1. The first-order valence-corrected chi connectivity index (χ1v) is 7.77. The Morgan fingerprint density at radius 1 is 1.20 bits per heavy atom. The van der Waals surface area contributed by atoms with E-state index in [4.69, 9.17) is 15.9 Å². The third kappa shape index (κ3) is 6.04. The molecule has 2 aromatic carbocycles. The van der Waals surface area contributed by atoms with E-state index in [1.807, 2.05) is 50.2 Å². The zero-order chi connectivity index (χ0) is 18.1. The lowest BCUT2D eigenvalue weighted by atomic mass is 10.1. The average molecular weight is 336 g/mol. The van der Waals surface area contributed by atoms with E-state index in [1.165, 1.54) is 6.21 Å². The molecule has 1 N–H and O–H groups in total. The Balaban J connectivity index is 1.87. The Labute approximate surface area is 147 Å². The lowest BCUT2D eigenvalue weighted by Crippen LogP contribution is -2.24. The van der Waals surface area contributed by atoms with Crippen molar-refractivity contribution in [1.82, 2.24) is 5.43 Å². The van der Waals surface area contributed by atoms with E-state index in [2.05, 4.69) is 16.4 Å². The lowest BCUT2D eigenvalue weighted by Gasteiger charge is -2.07. The van der Waals surface area contributed by atoms with Gasteiger partial charge in [-0.25, -0.2) is 5.43 Å². The van der Waals surface area contributed by atoms with Gasteiger partial charge in [0.25, 0.3) is 5.91 Å². The van der Waals surface area contributed by atoms with Crippen LogP contribution in [0.2, 0.25) is 0 Å². The van der Waals surface area contributed by atoms with E-state index in [0.29, 0.717) is 17.1 Å². The summed E-state index contributed by atoms with van der Waals surface area (Å²) >= 11 is 0. The quantitative estimate of drug-likeness (QED) is 0.480. The maximum absolute atomic E-state index is 11.8. The second-order valence-corrected chi connectivity index (χ2v) is 5.44. The van der Waals surface area contributed by atoms with Crippen molar-refractivity contribution < 1.29 is 14.3 Å². The van der Waals surface area contributed by atoms with Crippen LogP contribution in [0.4, 0.5) is 0 Å². The summed E-state index contributed by atoms with van der Waals surface area (Å²) in [6, 6.07) is 13.1. The summed E-state index contributed by atoms with van der Waals surface area (Å²) in [4.78, 5) is 11.8. The van der Waals surface area contributed by atoms with Crippen molar-refractivity contribution in [3.8, 4) is 23.8 Å². The molecule has 0 atom stereocenters. The molecule has 0 spiro atoms. The van der Waals surface area contributed by atoms with E-state index >= 15 is 0 Å². The molecule has 0 bridgehead atoms. The van der Waals surface area contributed by atoms with E-state index in [-0.39, 0.29) is 19.1 Å². The number of amides is 1. The molecule has 0 aliphatic rings. The maximum atomic E-state index is 11.8. The molecule has 5 heteroatoms. The summed E-state index contributed by atoms with van der Waals surface area (Å²) in [6.07, 6.45) is 6.69. The normalized spacial score (nSPS) is 10.3. The Kier molecular flexibility index (Phi) is 6.61. The number of para-hydroxylation sites is 1. The fraction of sp³-hybridized carbons (Fsp3) is 0.200. The van der Waals surface area contributed by atoms with Crippen LogP contribution in [0.1, 0.15) is 16.7 Å². The lowest BCUT2D eigenvalue weighted by molar-refractivity contribution is -0.123. The summed E-state index contributed by atoms with van der Waals surface area (Å²) in [5.74, 6) is 3.31. The molecule has 128 valence electrons. The van der Waals surface area contributed by atoms with Crippen LogP contribution in [0.5, 0.6) is 11.5 Å². The van der Waals surface area contributed by atoms with Gasteiger partial charge in [-0.3, -0.25) is 4.79 Å². The highest BCUT2D eigenvalue weighted by Gasteiger charge is 2.03. The summed E-state index contributed by atoms with van der Waals surface area (Å²) in [6.45, 7) is 4.00. The number of rotatable bonds is 7. The van der Waals surface area contributed by atoms with Gasteiger partial charge in [-0.2, -0.15) is 5.10 Å². The summed E-state index contributed by atoms with van der Waals surface area (Å²) in [5, 5.41) is 3.92. The molecule has 2 rings (SSSR count). The number of nitrogens with zero attached hydrogens (tertiary/aromatic N) is 1. The van der Waals surface area contributed by atoms with Gasteiger partial charge in [0.15, 0.2) is 6.61 Å². The van der Waals surface area contributed by atoms with Crippen LogP contribution in [-0.4, -0.2) is 25.3 Å². The zero-order valence-electron chi connectivity index (χ0n) is 14.3. The standard InChI is InChI=1S/C20H20N2O3/c1-4-9-24-19-8-6-5-7-17(19)13-21-22-20(23)14-25-18-11-15(2)10-16(3)12-18/h1,5-8,10-13H,9,14H2,2-3H3,(H,22,23)/b21-13-. The highest BCUT2D eigenvalue weighted by atomic mass is 16.5. The predicted octanol–water partition coefficient (Wildman–Crippen LogP) is 2.84. The molecular formula is C20H20N2O3. The van der Waals surface area contributed by atoms with Crippen LogP contribution in [0.25, 0.3) is 0 Å². The number of nitrogens with one attached hydrogen (secondary N) is 1. The average Bonchev–Trinajstić information content (AvgIpc) is 2.58. The van der Waals surface area contributed by atoms with Crippen LogP contribution >= 0.6 is 0 Å². The van der Waals surface area contributed by atoms with E-state index in [9.17, 15) is 4.79 Å². The fourth-order valence-electron chi connectivity index (χ4n) is 2.21. The molecule has 0 radical (unpaired) electrons. The Morgan fingerprint density at radius 3 is 2.64 bits per heavy atom. The Hall–Kier alpha value is -3.26. The van der Waals surface area contributed by atoms with Gasteiger partial charge in [0, 0.05) is 5.56 Å². The van der Waals surface area contributed by atoms with Crippen molar-refractivity contribution in [1.29, 1.82) is 0 Å². The van der Waals surface area contributed by atoms with Crippen LogP contribution in [0.3, 0.4) is 0 Å². The topological polar surface area (TPSA) is 59.9 Å². The number of terminal acetylenes is 1. The summed E-state index contributed by atoms with van der Waals surface area (Å²) in [7, 11) is 0. The molecular weight excluding hydrogens is 316 g/mol. The van der Waals surface area contributed by atoms with Gasteiger partial charge in [0.2, 0.25) is 0 Å². The minimum Gasteiger partial charge on any atom is -0.484 e. The summed E-state index contributed by atoms with van der Waals surface area (Å²) in [5.41, 5.74) is 5.30. The van der Waals surface area contributed by atoms with E-state index in [0.717, 1.165) is 11.1 Å². The van der Waals surface area contributed by atoms with Gasteiger partial charge in [-0.1, -0.05) is 24.1 Å². The molecule has 0 saturated heterocycles. The fourth-order valence-corrected chi connectivity index (χ4v) is 2.21. The number of hydrogen-bond donors (Lipinski definition) is 1. The van der Waals surface area contributed by atoms with Crippen LogP contribution in [0, 0.1) is 26.2 Å². The van der Waals surface area contributed by atoms with Gasteiger partial charge >= 0.3 is 0 Å². The Morgan fingerprint density at radius 2 is 1.92 bits per heavy atom. The van der Waals surface area contributed by atoms with Crippen LogP contribution in [0.15, 0.2) is 47.6 Å². The predicted molar refractivity (Wildman–Crippen MR) is 97.9 cm³/mol. The molecule has 0 fully saturated rings. The van der Waals surface area contributed by atoms with Crippen molar-refractivity contribution in [3.05, 3.63) is 59.2 Å². The second kappa shape index (κ2) is 9.14. The first-order valence-electron chi connectivity index (χ1n) is 7.77. The van der Waals surface area contributed by atoms with Gasteiger partial charge in [-0.15, -0.1) is 6.42 Å². The number of carbonyl (C=O) groups is 1. The molecule has 1 amide bonds. The highest BCUT2D eigenvalue weighted by molar-refractivity contribution is 5.85. The molecule has 0 unspecified atom stereocenters. The molecule has 0 aliphatic heterocycles. The number of ether oxygens (including phenoxy) is 2. The number of carbonyl (C=O) groups excluding carboxylic acids is 1. The smallest absolute Gasteiger partial charge is 0.277 e. The first kappa shape index (κ1) is 18.1. The van der Waals surface area contributed by atoms with Crippen molar-refractivity contribution >= 4 is 12.1 Å². The van der Waals surface area contributed by atoms with Crippen molar-refractivity contribution in [2.24, 2.45) is 5.10 Å². The van der Waals surface area contributed by atoms with Gasteiger partial charge in [-0.05, 0) is 49.2 Å². The number of aryl methyl sites for hydroxylation is 2. The van der Waals surface area contributed by atoms with Crippen molar-refractivity contribution in [2.45, 2.75) is 13.8 Å². The molecule has 25 heavy (non-hydrogen) atoms. The summed E-state index contributed by atoms with van der Waals surface area (Å²) < 4.78 is 10.9. The minimum absolute atomic E-state index is 0.116. The first-order chi connectivity index (χ1) is 12.1. The van der Waals surface area contributed by atoms with Crippen LogP contribution in [-0.2, 0) is 4.79 Å². The van der Waals surface area contributed by atoms with Crippen molar-refractivity contribution in [2.75, 3.05) is 13.2 Å². The van der Waals surface area contributed by atoms with E-state index < -0.39 is 0 Å². The molecule has 0 heterocycles. The largest absolute Gasteiger partial charge is 0.484 e. The number of benzene rings is 2. The Bertz CT molecular complexity index is 787. The molecule has 0 saturated carbocycles. The monoisotopic (exact) mass is 336 g/mol. The molecule has 2 aromatic rings. The number of hydrazone groups is 1. The third-order valence-electron chi connectivity index (χ3n) is 3.19. The van der Waals surface area contributed by atoms with E-state index in [1.54, 1.807) is 6.07 Å². The van der Waals surface area contributed by atoms with Crippen molar-refractivity contribution in [3.63, 3.8) is 0 Å². The van der Waals surface area contributed by atoms with Gasteiger partial charge in [0.1, 0.15) is 18.1 Å². The minimum atomic E-state index is -0.350.